The minimum absolute atomic E-state index is 0.0147. The largest absolute Gasteiger partial charge is 0.338 e. The van der Waals surface area contributed by atoms with Crippen LogP contribution in [0.5, 0.6) is 0 Å². The number of carbonyl (C=O) groups is 1. The summed E-state index contributed by atoms with van der Waals surface area (Å²) in [4.78, 5) is 16.8. The summed E-state index contributed by atoms with van der Waals surface area (Å²) in [5.41, 5.74) is 1.59. The Hall–Kier alpha value is -1.84. The summed E-state index contributed by atoms with van der Waals surface area (Å²) < 4.78 is 0. The average Bonchev–Trinajstić information content (AvgIpc) is 2.82. The highest BCUT2D eigenvalue weighted by Crippen LogP contribution is 2.28. The maximum absolute atomic E-state index is 12.4. The normalized spacial score (nSPS) is 23.8. The number of benzene rings is 1. The lowest BCUT2D eigenvalue weighted by molar-refractivity contribution is -0.124. The van der Waals surface area contributed by atoms with Crippen LogP contribution in [0.3, 0.4) is 0 Å². The van der Waals surface area contributed by atoms with Crippen LogP contribution in [0.15, 0.2) is 29.3 Å². The Morgan fingerprint density at radius 2 is 1.85 bits per heavy atom. The first-order valence-electron chi connectivity index (χ1n) is 7.39. The van der Waals surface area contributed by atoms with Crippen LogP contribution in [0.1, 0.15) is 44.7 Å². The van der Waals surface area contributed by atoms with E-state index in [2.05, 4.69) is 41.6 Å². The zero-order valence-electron chi connectivity index (χ0n) is 12.5. The summed E-state index contributed by atoms with van der Waals surface area (Å²) in [6.45, 7) is 6.93. The molecule has 4 heteroatoms. The van der Waals surface area contributed by atoms with Crippen LogP contribution in [0.2, 0.25) is 0 Å². The smallest absolute Gasteiger partial charge is 0.257 e. The molecule has 2 N–H and O–H groups in total. The molecular weight excluding hydrogens is 250 g/mol. The van der Waals surface area contributed by atoms with Crippen molar-refractivity contribution in [3.8, 4) is 0 Å². The van der Waals surface area contributed by atoms with Gasteiger partial charge in [-0.05, 0) is 30.4 Å². The van der Waals surface area contributed by atoms with Crippen LogP contribution in [0.4, 0.5) is 0 Å². The number of aliphatic imine (C=N–C) groups is 1. The highest BCUT2D eigenvalue weighted by molar-refractivity contribution is 6.09. The van der Waals surface area contributed by atoms with Crippen molar-refractivity contribution >= 4 is 11.9 Å². The molecule has 0 aliphatic carbocycles. The Bertz CT molecular complexity index is 507. The molecule has 1 aliphatic rings. The predicted molar refractivity (Wildman–Crippen MR) is 81.7 cm³/mol. The first-order chi connectivity index (χ1) is 9.66. The second kappa shape index (κ2) is 6.07. The van der Waals surface area contributed by atoms with Gasteiger partial charge in [0.15, 0.2) is 5.96 Å². The molecule has 0 radical (unpaired) electrons. The molecule has 4 nitrogen and oxygen atoms in total. The number of aryl methyl sites for hydroxylation is 1. The topological polar surface area (TPSA) is 53.5 Å². The molecule has 0 saturated carbocycles. The van der Waals surface area contributed by atoms with Gasteiger partial charge < -0.3 is 5.32 Å². The van der Waals surface area contributed by atoms with Gasteiger partial charge in [-0.3, -0.25) is 15.1 Å². The van der Waals surface area contributed by atoms with E-state index < -0.39 is 5.54 Å². The number of amides is 1. The minimum atomic E-state index is -0.682. The summed E-state index contributed by atoms with van der Waals surface area (Å²) in [6.07, 6.45) is 2.66. The molecule has 1 aromatic carbocycles. The van der Waals surface area contributed by atoms with Crippen molar-refractivity contribution in [1.82, 2.24) is 10.6 Å². The number of rotatable bonds is 5. The highest BCUT2D eigenvalue weighted by Gasteiger charge is 2.44. The molecule has 0 bridgehead atoms. The van der Waals surface area contributed by atoms with Crippen LogP contribution in [0, 0.1) is 0 Å². The number of nitrogens with zero attached hydrogens (tertiary/aromatic N) is 1. The van der Waals surface area contributed by atoms with E-state index in [9.17, 15) is 4.79 Å². The van der Waals surface area contributed by atoms with Gasteiger partial charge >= 0.3 is 0 Å². The first-order valence-corrected chi connectivity index (χ1v) is 7.39. The van der Waals surface area contributed by atoms with E-state index in [-0.39, 0.29) is 5.91 Å². The van der Waals surface area contributed by atoms with Crippen LogP contribution >= 0.6 is 0 Å². The Morgan fingerprint density at radius 1 is 1.15 bits per heavy atom. The van der Waals surface area contributed by atoms with Crippen LogP contribution in [-0.4, -0.2) is 18.4 Å². The molecule has 1 unspecified atom stereocenters. The van der Waals surface area contributed by atoms with Gasteiger partial charge in [0, 0.05) is 6.54 Å². The third kappa shape index (κ3) is 2.55. The third-order valence-electron chi connectivity index (χ3n) is 3.83. The number of guanidine groups is 1. The van der Waals surface area contributed by atoms with Gasteiger partial charge in [-0.2, -0.15) is 0 Å². The van der Waals surface area contributed by atoms with Crippen molar-refractivity contribution in [1.29, 1.82) is 0 Å². The number of hydrogen-bond donors (Lipinski definition) is 2. The minimum Gasteiger partial charge on any atom is -0.338 e. The van der Waals surface area contributed by atoms with Gasteiger partial charge in [0.25, 0.3) is 5.91 Å². The summed E-state index contributed by atoms with van der Waals surface area (Å²) >= 11 is 0. The lowest BCUT2D eigenvalue weighted by Crippen LogP contribution is -2.43. The lowest BCUT2D eigenvalue weighted by Gasteiger charge is -2.25. The fraction of sp³-hybridized carbons (Fsp3) is 0.500. The fourth-order valence-corrected chi connectivity index (χ4v) is 2.49. The summed E-state index contributed by atoms with van der Waals surface area (Å²) in [6, 6.07) is 8.25. The van der Waals surface area contributed by atoms with E-state index in [1.54, 1.807) is 0 Å². The van der Waals surface area contributed by atoms with E-state index in [0.29, 0.717) is 12.4 Å². The third-order valence-corrected chi connectivity index (χ3v) is 3.83. The molecule has 20 heavy (non-hydrogen) atoms. The zero-order valence-corrected chi connectivity index (χ0v) is 12.5. The van der Waals surface area contributed by atoms with Crippen LogP contribution in [-0.2, 0) is 16.8 Å². The number of carbonyl (C=O) groups excluding carboxylic acids is 1. The van der Waals surface area contributed by atoms with Gasteiger partial charge in [0.2, 0.25) is 0 Å². The molecule has 1 aromatic rings. The second-order valence-electron chi connectivity index (χ2n) is 5.12. The molecule has 0 spiro atoms. The van der Waals surface area contributed by atoms with Crippen molar-refractivity contribution in [2.75, 3.05) is 6.54 Å². The van der Waals surface area contributed by atoms with Gasteiger partial charge in [-0.25, -0.2) is 0 Å². The lowest BCUT2D eigenvalue weighted by atomic mass is 9.87. The van der Waals surface area contributed by atoms with Crippen molar-refractivity contribution < 1.29 is 4.79 Å². The molecule has 1 saturated heterocycles. The Balaban J connectivity index is 2.31. The van der Waals surface area contributed by atoms with Crippen molar-refractivity contribution in [3.05, 3.63) is 35.4 Å². The highest BCUT2D eigenvalue weighted by atomic mass is 16.2. The predicted octanol–water partition coefficient (Wildman–Crippen LogP) is 2.34. The quantitative estimate of drug-likeness (QED) is 0.865. The average molecular weight is 273 g/mol. The van der Waals surface area contributed by atoms with Gasteiger partial charge in [-0.15, -0.1) is 0 Å². The molecule has 108 valence electrons. The molecule has 1 aliphatic heterocycles. The van der Waals surface area contributed by atoms with E-state index in [1.807, 2.05) is 19.1 Å². The van der Waals surface area contributed by atoms with Crippen molar-refractivity contribution in [2.45, 2.75) is 45.6 Å². The molecule has 1 fully saturated rings. The Labute approximate surface area is 120 Å². The summed E-state index contributed by atoms with van der Waals surface area (Å²) in [7, 11) is 0. The second-order valence-corrected chi connectivity index (χ2v) is 5.12. The molecule has 2 rings (SSSR count). The van der Waals surface area contributed by atoms with Crippen molar-refractivity contribution in [3.63, 3.8) is 0 Å². The number of hydrogen-bond acceptors (Lipinski definition) is 2. The maximum Gasteiger partial charge on any atom is 0.257 e. The monoisotopic (exact) mass is 273 g/mol. The molecule has 0 aromatic heterocycles. The summed E-state index contributed by atoms with van der Waals surface area (Å²) in [5, 5.41) is 6.14. The maximum atomic E-state index is 12.4. The molecule has 1 heterocycles. The van der Waals surface area contributed by atoms with E-state index >= 15 is 0 Å². The molecule has 1 amide bonds. The van der Waals surface area contributed by atoms with Crippen LogP contribution < -0.4 is 10.6 Å². The Morgan fingerprint density at radius 3 is 2.40 bits per heavy atom. The van der Waals surface area contributed by atoms with Gasteiger partial charge in [0.1, 0.15) is 5.54 Å². The van der Waals surface area contributed by atoms with E-state index in [1.165, 1.54) is 5.56 Å². The van der Waals surface area contributed by atoms with Gasteiger partial charge in [0.05, 0.1) is 0 Å². The van der Waals surface area contributed by atoms with Crippen LogP contribution in [0.25, 0.3) is 0 Å². The number of nitrogens with one attached hydrogen (secondary N) is 2. The summed E-state index contributed by atoms with van der Waals surface area (Å²) in [5.74, 6) is 0.581. The van der Waals surface area contributed by atoms with E-state index in [0.717, 1.165) is 24.9 Å². The molecular formula is C16H23N3O. The van der Waals surface area contributed by atoms with Gasteiger partial charge in [-0.1, -0.05) is 45.0 Å². The SMILES string of the molecule is CCCN=C1NC(=O)C(CC)(c2ccc(CC)cc2)N1. The first kappa shape index (κ1) is 14.6. The zero-order chi connectivity index (χ0) is 14.6. The van der Waals surface area contributed by atoms with Crippen molar-refractivity contribution in [2.24, 2.45) is 4.99 Å². The fourth-order valence-electron chi connectivity index (χ4n) is 2.49. The molecule has 1 atom stereocenters. The Kier molecular flexibility index (Phi) is 4.42. The van der Waals surface area contributed by atoms with E-state index in [4.69, 9.17) is 0 Å². The standard InChI is InChI=1S/C16H23N3O/c1-4-11-17-15-18-14(20)16(6-3,19-15)13-9-7-12(5-2)8-10-13/h7-10H,4-6,11H2,1-3H3,(H2,17,18,19,20).